The second-order valence-electron chi connectivity index (χ2n) is 5.91. The molecule has 0 aromatic heterocycles. The molecular formula is C15H21N3O3. The van der Waals surface area contributed by atoms with E-state index in [1.54, 1.807) is 12.1 Å². The van der Waals surface area contributed by atoms with Gasteiger partial charge >= 0.3 is 5.69 Å². The molecule has 0 amide bonds. The number of methoxy groups -OCH3 is 1. The molecule has 1 aliphatic carbocycles. The van der Waals surface area contributed by atoms with Crippen molar-refractivity contribution in [3.8, 4) is 5.75 Å². The highest BCUT2D eigenvalue weighted by Crippen LogP contribution is 2.32. The Labute approximate surface area is 124 Å². The van der Waals surface area contributed by atoms with E-state index in [2.05, 4.69) is 10.2 Å². The van der Waals surface area contributed by atoms with Crippen molar-refractivity contribution in [1.29, 1.82) is 0 Å². The van der Waals surface area contributed by atoms with Gasteiger partial charge in [-0.3, -0.25) is 10.1 Å². The Hall–Kier alpha value is -1.82. The zero-order valence-corrected chi connectivity index (χ0v) is 12.2. The predicted octanol–water partition coefficient (Wildman–Crippen LogP) is 2.50. The third-order valence-corrected chi connectivity index (χ3v) is 4.35. The number of rotatable bonds is 6. The molecule has 114 valence electrons. The zero-order valence-electron chi connectivity index (χ0n) is 12.2. The lowest BCUT2D eigenvalue weighted by Gasteiger charge is -2.16. The molecule has 1 saturated heterocycles. The first-order valence-corrected chi connectivity index (χ1v) is 7.47. The van der Waals surface area contributed by atoms with Crippen LogP contribution in [0.1, 0.15) is 19.3 Å². The molecule has 2 aliphatic rings. The maximum atomic E-state index is 10.9. The highest BCUT2D eigenvalue weighted by Gasteiger charge is 2.34. The van der Waals surface area contributed by atoms with Crippen LogP contribution in [-0.2, 0) is 0 Å². The molecule has 1 aromatic rings. The van der Waals surface area contributed by atoms with Crippen molar-refractivity contribution in [2.75, 3.05) is 32.1 Å². The Balaban J connectivity index is 1.56. The number of hydrogen-bond donors (Lipinski definition) is 1. The summed E-state index contributed by atoms with van der Waals surface area (Å²) in [4.78, 5) is 13.0. The molecule has 1 aliphatic heterocycles. The molecule has 6 heteroatoms. The van der Waals surface area contributed by atoms with Crippen LogP contribution >= 0.6 is 0 Å². The van der Waals surface area contributed by atoms with Gasteiger partial charge in [-0.15, -0.1) is 0 Å². The highest BCUT2D eigenvalue weighted by molar-refractivity contribution is 5.57. The van der Waals surface area contributed by atoms with Crippen LogP contribution in [0.4, 0.5) is 11.4 Å². The Morgan fingerprint density at radius 2 is 2.24 bits per heavy atom. The molecule has 1 atom stereocenters. The van der Waals surface area contributed by atoms with Crippen molar-refractivity contribution in [2.45, 2.75) is 25.3 Å². The summed E-state index contributed by atoms with van der Waals surface area (Å²) in [7, 11) is 1.45. The van der Waals surface area contributed by atoms with Crippen LogP contribution in [0.3, 0.4) is 0 Å². The maximum Gasteiger partial charge on any atom is 0.311 e. The Bertz CT molecular complexity index is 531. The molecule has 0 radical (unpaired) electrons. The lowest BCUT2D eigenvalue weighted by Crippen LogP contribution is -2.24. The average molecular weight is 291 g/mol. The van der Waals surface area contributed by atoms with Crippen LogP contribution in [0.25, 0.3) is 0 Å². The van der Waals surface area contributed by atoms with Gasteiger partial charge in [0.1, 0.15) is 0 Å². The Morgan fingerprint density at radius 3 is 2.90 bits per heavy atom. The number of ether oxygens (including phenoxy) is 1. The fourth-order valence-corrected chi connectivity index (χ4v) is 3.00. The Kier molecular flexibility index (Phi) is 3.96. The van der Waals surface area contributed by atoms with E-state index >= 15 is 0 Å². The van der Waals surface area contributed by atoms with Gasteiger partial charge in [-0.25, -0.2) is 0 Å². The fourth-order valence-electron chi connectivity index (χ4n) is 3.00. The number of hydrogen-bond acceptors (Lipinski definition) is 5. The standard InChI is InChI=1S/C15H21N3O3/c1-21-15-8-12(2-5-14(15)18(19)20)16-9-11-6-7-17(10-11)13-3-4-13/h2,5,8,11,13,16H,3-4,6-7,9-10H2,1H3. The summed E-state index contributed by atoms with van der Waals surface area (Å²) in [5, 5.41) is 14.2. The van der Waals surface area contributed by atoms with Crippen molar-refractivity contribution in [3.63, 3.8) is 0 Å². The second-order valence-corrected chi connectivity index (χ2v) is 5.91. The first-order valence-electron chi connectivity index (χ1n) is 7.47. The smallest absolute Gasteiger partial charge is 0.311 e. The molecule has 21 heavy (non-hydrogen) atoms. The van der Waals surface area contributed by atoms with E-state index < -0.39 is 4.92 Å². The summed E-state index contributed by atoms with van der Waals surface area (Å²) in [6.45, 7) is 3.28. The number of likely N-dealkylation sites (tertiary alicyclic amines) is 1. The molecule has 0 bridgehead atoms. The first-order chi connectivity index (χ1) is 10.2. The van der Waals surface area contributed by atoms with Crippen LogP contribution in [-0.4, -0.2) is 42.6 Å². The number of nitro groups is 1. The fraction of sp³-hybridized carbons (Fsp3) is 0.600. The number of nitrogens with zero attached hydrogens (tertiary/aromatic N) is 2. The summed E-state index contributed by atoms with van der Waals surface area (Å²) in [5.41, 5.74) is 0.881. The first kappa shape index (κ1) is 14.1. The van der Waals surface area contributed by atoms with Crippen molar-refractivity contribution >= 4 is 11.4 Å². The molecule has 1 aromatic carbocycles. The summed E-state index contributed by atoms with van der Waals surface area (Å²) in [6, 6.07) is 5.78. The van der Waals surface area contributed by atoms with Crippen molar-refractivity contribution in [2.24, 2.45) is 5.92 Å². The third-order valence-electron chi connectivity index (χ3n) is 4.35. The molecule has 1 N–H and O–H groups in total. The molecule has 1 heterocycles. The molecule has 1 saturated carbocycles. The summed E-state index contributed by atoms with van der Waals surface area (Å²) >= 11 is 0. The van der Waals surface area contributed by atoms with Gasteiger partial charge in [0.2, 0.25) is 0 Å². The van der Waals surface area contributed by atoms with Gasteiger partial charge in [0.15, 0.2) is 5.75 Å². The van der Waals surface area contributed by atoms with E-state index in [4.69, 9.17) is 4.74 Å². The van der Waals surface area contributed by atoms with Crippen molar-refractivity contribution in [3.05, 3.63) is 28.3 Å². The van der Waals surface area contributed by atoms with E-state index in [9.17, 15) is 10.1 Å². The van der Waals surface area contributed by atoms with Crippen molar-refractivity contribution in [1.82, 2.24) is 4.90 Å². The monoisotopic (exact) mass is 291 g/mol. The molecule has 2 fully saturated rings. The molecular weight excluding hydrogens is 270 g/mol. The minimum atomic E-state index is -0.424. The van der Waals surface area contributed by atoms with Gasteiger partial charge in [-0.2, -0.15) is 0 Å². The number of benzene rings is 1. The maximum absolute atomic E-state index is 10.9. The number of nitrogens with one attached hydrogen (secondary N) is 1. The van der Waals surface area contributed by atoms with E-state index in [-0.39, 0.29) is 5.69 Å². The van der Waals surface area contributed by atoms with Crippen LogP contribution in [0.15, 0.2) is 18.2 Å². The SMILES string of the molecule is COc1cc(NCC2CCN(C3CC3)C2)ccc1[N+](=O)[O-]. The quantitative estimate of drug-likeness (QED) is 0.644. The molecule has 6 nitrogen and oxygen atoms in total. The van der Waals surface area contributed by atoms with Gasteiger partial charge in [-0.05, 0) is 37.8 Å². The van der Waals surface area contributed by atoms with Gasteiger partial charge in [0.05, 0.1) is 12.0 Å². The minimum Gasteiger partial charge on any atom is -0.490 e. The van der Waals surface area contributed by atoms with Crippen molar-refractivity contribution < 1.29 is 9.66 Å². The van der Waals surface area contributed by atoms with Gasteiger partial charge in [0.25, 0.3) is 0 Å². The van der Waals surface area contributed by atoms with Gasteiger partial charge in [-0.1, -0.05) is 0 Å². The molecule has 3 rings (SSSR count). The van der Waals surface area contributed by atoms with Crippen LogP contribution in [0.2, 0.25) is 0 Å². The van der Waals surface area contributed by atoms with Crippen LogP contribution in [0, 0.1) is 16.0 Å². The topological polar surface area (TPSA) is 67.6 Å². The number of nitro benzene ring substituents is 1. The van der Waals surface area contributed by atoms with E-state index in [0.717, 1.165) is 18.3 Å². The summed E-state index contributed by atoms with van der Waals surface area (Å²) < 4.78 is 5.09. The summed E-state index contributed by atoms with van der Waals surface area (Å²) in [5.74, 6) is 0.961. The second kappa shape index (κ2) is 5.89. The predicted molar refractivity (Wildman–Crippen MR) is 80.8 cm³/mol. The Morgan fingerprint density at radius 1 is 1.43 bits per heavy atom. The van der Waals surface area contributed by atoms with Crippen LogP contribution in [0.5, 0.6) is 5.75 Å². The lowest BCUT2D eigenvalue weighted by molar-refractivity contribution is -0.385. The van der Waals surface area contributed by atoms with Gasteiger partial charge < -0.3 is 15.0 Å². The third kappa shape index (κ3) is 3.26. The number of anilines is 1. The molecule has 1 unspecified atom stereocenters. The normalized spacial score (nSPS) is 22.2. The van der Waals surface area contributed by atoms with E-state index in [1.807, 2.05) is 0 Å². The minimum absolute atomic E-state index is 0.00354. The highest BCUT2D eigenvalue weighted by atomic mass is 16.6. The zero-order chi connectivity index (χ0) is 14.8. The summed E-state index contributed by atoms with van der Waals surface area (Å²) in [6.07, 6.45) is 3.95. The largest absolute Gasteiger partial charge is 0.490 e. The van der Waals surface area contributed by atoms with Crippen LogP contribution < -0.4 is 10.1 Å². The average Bonchev–Trinajstić information content (AvgIpc) is 3.23. The van der Waals surface area contributed by atoms with E-state index in [0.29, 0.717) is 11.7 Å². The van der Waals surface area contributed by atoms with Gasteiger partial charge in [0, 0.05) is 37.0 Å². The lowest BCUT2D eigenvalue weighted by atomic mass is 10.1. The van der Waals surface area contributed by atoms with E-state index in [1.165, 1.54) is 45.5 Å². The molecule has 0 spiro atoms.